The van der Waals surface area contributed by atoms with Crippen LogP contribution >= 0.6 is 11.6 Å². The van der Waals surface area contributed by atoms with Gasteiger partial charge >= 0.3 is 0 Å². The fourth-order valence-electron chi connectivity index (χ4n) is 3.02. The Kier molecular flexibility index (Phi) is 4.87. The normalized spacial score (nSPS) is 16.8. The van der Waals surface area contributed by atoms with Crippen LogP contribution in [0.3, 0.4) is 0 Å². The van der Waals surface area contributed by atoms with Gasteiger partial charge in [0, 0.05) is 11.6 Å². The van der Waals surface area contributed by atoms with Crippen LogP contribution < -0.4 is 5.32 Å². The second-order valence-electron chi connectivity index (χ2n) is 6.34. The largest absolute Gasteiger partial charge is 0.388 e. The topological polar surface area (TPSA) is 80.0 Å². The Labute approximate surface area is 145 Å². The molecule has 1 aliphatic carbocycles. The quantitative estimate of drug-likeness (QED) is 0.890. The van der Waals surface area contributed by atoms with Gasteiger partial charge in [-0.3, -0.25) is 4.79 Å². The highest BCUT2D eigenvalue weighted by Gasteiger charge is 2.30. The molecule has 0 aliphatic heterocycles. The van der Waals surface area contributed by atoms with Crippen LogP contribution in [0.2, 0.25) is 5.02 Å². The molecular formula is C17H21ClN4O2. The summed E-state index contributed by atoms with van der Waals surface area (Å²) < 4.78 is 1.60. The van der Waals surface area contributed by atoms with Crippen LogP contribution in [0.4, 0.5) is 0 Å². The molecule has 1 heterocycles. The monoisotopic (exact) mass is 348 g/mol. The Morgan fingerprint density at radius 1 is 1.29 bits per heavy atom. The van der Waals surface area contributed by atoms with Crippen LogP contribution in [0.15, 0.2) is 24.3 Å². The highest BCUT2D eigenvalue weighted by Crippen LogP contribution is 2.27. The van der Waals surface area contributed by atoms with Crippen molar-refractivity contribution in [3.05, 3.63) is 40.9 Å². The van der Waals surface area contributed by atoms with E-state index in [0.717, 1.165) is 37.8 Å². The number of carbonyl (C=O) groups is 1. The van der Waals surface area contributed by atoms with Crippen molar-refractivity contribution in [3.63, 3.8) is 0 Å². The first kappa shape index (κ1) is 16.9. The number of hydrogen-bond acceptors (Lipinski definition) is 4. The van der Waals surface area contributed by atoms with Crippen molar-refractivity contribution in [2.24, 2.45) is 0 Å². The number of amides is 1. The standard InChI is InChI=1S/C17H21ClN4O2/c1-12-20-15(21-22(12)14-7-5-13(18)6-8-14)16(23)19-11-17(24)9-3-2-4-10-17/h5-8,24H,2-4,9-11H2,1H3,(H,19,23). The number of nitrogens with zero attached hydrogens (tertiary/aromatic N) is 3. The lowest BCUT2D eigenvalue weighted by Gasteiger charge is -2.31. The van der Waals surface area contributed by atoms with Crippen LogP contribution in [0, 0.1) is 6.92 Å². The second-order valence-corrected chi connectivity index (χ2v) is 6.77. The molecule has 0 radical (unpaired) electrons. The predicted molar refractivity (Wildman–Crippen MR) is 91.5 cm³/mol. The number of rotatable bonds is 4. The Morgan fingerprint density at radius 2 is 1.96 bits per heavy atom. The fraction of sp³-hybridized carbons (Fsp3) is 0.471. The number of aliphatic hydroxyl groups is 1. The van der Waals surface area contributed by atoms with Gasteiger partial charge in [-0.15, -0.1) is 5.10 Å². The van der Waals surface area contributed by atoms with Gasteiger partial charge in [0.05, 0.1) is 11.3 Å². The van der Waals surface area contributed by atoms with Gasteiger partial charge in [-0.1, -0.05) is 30.9 Å². The summed E-state index contributed by atoms with van der Waals surface area (Å²) in [7, 11) is 0. The van der Waals surface area contributed by atoms with E-state index < -0.39 is 5.60 Å². The zero-order valence-corrected chi connectivity index (χ0v) is 14.4. The average molecular weight is 349 g/mol. The smallest absolute Gasteiger partial charge is 0.291 e. The summed E-state index contributed by atoms with van der Waals surface area (Å²) >= 11 is 5.89. The molecule has 7 heteroatoms. The molecule has 1 aromatic heterocycles. The van der Waals surface area contributed by atoms with Gasteiger partial charge in [-0.2, -0.15) is 0 Å². The van der Waals surface area contributed by atoms with Gasteiger partial charge in [0.1, 0.15) is 5.82 Å². The molecule has 1 amide bonds. The van der Waals surface area contributed by atoms with E-state index in [4.69, 9.17) is 11.6 Å². The van der Waals surface area contributed by atoms with Crippen molar-refractivity contribution >= 4 is 17.5 Å². The van der Waals surface area contributed by atoms with E-state index in [1.807, 2.05) is 12.1 Å². The first-order chi connectivity index (χ1) is 11.5. The molecule has 0 saturated heterocycles. The zero-order chi connectivity index (χ0) is 17.2. The highest BCUT2D eigenvalue weighted by molar-refractivity contribution is 6.30. The molecule has 1 fully saturated rings. The molecule has 2 N–H and O–H groups in total. The third kappa shape index (κ3) is 3.76. The van der Waals surface area contributed by atoms with E-state index in [1.54, 1.807) is 23.7 Å². The SMILES string of the molecule is Cc1nc(C(=O)NCC2(O)CCCCC2)nn1-c1ccc(Cl)cc1. The van der Waals surface area contributed by atoms with Crippen molar-refractivity contribution in [2.45, 2.75) is 44.6 Å². The molecule has 0 bridgehead atoms. The van der Waals surface area contributed by atoms with Gasteiger partial charge < -0.3 is 10.4 Å². The maximum absolute atomic E-state index is 12.3. The second kappa shape index (κ2) is 6.91. The molecule has 0 atom stereocenters. The average Bonchev–Trinajstić information content (AvgIpc) is 2.96. The maximum atomic E-state index is 12.3. The van der Waals surface area contributed by atoms with Crippen molar-refractivity contribution in [1.29, 1.82) is 0 Å². The molecule has 1 saturated carbocycles. The number of aryl methyl sites for hydroxylation is 1. The molecular weight excluding hydrogens is 328 g/mol. The van der Waals surface area contributed by atoms with Gasteiger partial charge in [0.15, 0.2) is 0 Å². The van der Waals surface area contributed by atoms with Gasteiger partial charge in [0.2, 0.25) is 5.82 Å². The number of benzene rings is 1. The highest BCUT2D eigenvalue weighted by atomic mass is 35.5. The first-order valence-corrected chi connectivity index (χ1v) is 8.55. The summed E-state index contributed by atoms with van der Waals surface area (Å²) in [6.07, 6.45) is 4.57. The summed E-state index contributed by atoms with van der Waals surface area (Å²) in [6.45, 7) is 2.02. The summed E-state index contributed by atoms with van der Waals surface area (Å²) in [4.78, 5) is 16.5. The van der Waals surface area contributed by atoms with E-state index >= 15 is 0 Å². The van der Waals surface area contributed by atoms with Gasteiger partial charge in [0.25, 0.3) is 5.91 Å². The van der Waals surface area contributed by atoms with E-state index in [0.29, 0.717) is 10.8 Å². The van der Waals surface area contributed by atoms with Crippen molar-refractivity contribution in [1.82, 2.24) is 20.1 Å². The number of nitrogens with one attached hydrogen (secondary N) is 1. The van der Waals surface area contributed by atoms with Gasteiger partial charge in [-0.25, -0.2) is 9.67 Å². The number of aromatic nitrogens is 3. The lowest BCUT2D eigenvalue weighted by Crippen LogP contribution is -2.44. The fourth-order valence-corrected chi connectivity index (χ4v) is 3.15. The summed E-state index contributed by atoms with van der Waals surface area (Å²) in [5.41, 5.74) is -0.0174. The van der Waals surface area contributed by atoms with Crippen molar-refractivity contribution in [2.75, 3.05) is 6.54 Å². The minimum Gasteiger partial charge on any atom is -0.388 e. The minimum absolute atomic E-state index is 0.0989. The molecule has 128 valence electrons. The molecule has 1 aliphatic rings. The molecule has 2 aromatic rings. The van der Waals surface area contributed by atoms with E-state index in [2.05, 4.69) is 15.4 Å². The molecule has 1 aromatic carbocycles. The number of carbonyl (C=O) groups excluding carboxylic acids is 1. The third-order valence-electron chi connectivity index (χ3n) is 4.41. The van der Waals surface area contributed by atoms with Crippen LogP contribution in [0.25, 0.3) is 5.69 Å². The molecule has 0 spiro atoms. The third-order valence-corrected chi connectivity index (χ3v) is 4.66. The Hall–Kier alpha value is -1.92. The molecule has 0 unspecified atom stereocenters. The molecule has 6 nitrogen and oxygen atoms in total. The van der Waals surface area contributed by atoms with Crippen LogP contribution in [0.1, 0.15) is 48.5 Å². The minimum atomic E-state index is -0.804. The van der Waals surface area contributed by atoms with E-state index in [9.17, 15) is 9.90 Å². The van der Waals surface area contributed by atoms with Crippen molar-refractivity contribution in [3.8, 4) is 5.69 Å². The van der Waals surface area contributed by atoms with E-state index in [-0.39, 0.29) is 18.3 Å². The zero-order valence-electron chi connectivity index (χ0n) is 13.6. The lowest BCUT2D eigenvalue weighted by molar-refractivity contribution is 0.00516. The number of hydrogen-bond donors (Lipinski definition) is 2. The number of halogens is 1. The molecule has 24 heavy (non-hydrogen) atoms. The van der Waals surface area contributed by atoms with Gasteiger partial charge in [-0.05, 0) is 44.0 Å². The van der Waals surface area contributed by atoms with E-state index in [1.165, 1.54) is 0 Å². The summed E-state index contributed by atoms with van der Waals surface area (Å²) in [5, 5.41) is 18.1. The molecule has 3 rings (SSSR count). The predicted octanol–water partition coefficient (Wildman–Crippen LogP) is 2.65. The van der Waals surface area contributed by atoms with Crippen molar-refractivity contribution < 1.29 is 9.90 Å². The summed E-state index contributed by atoms with van der Waals surface area (Å²) in [6, 6.07) is 7.15. The maximum Gasteiger partial charge on any atom is 0.291 e. The Bertz CT molecular complexity index is 721. The Balaban J connectivity index is 1.69. The summed E-state index contributed by atoms with van der Waals surface area (Å²) in [5.74, 6) is 0.338. The first-order valence-electron chi connectivity index (χ1n) is 8.17. The van der Waals surface area contributed by atoms with Crippen LogP contribution in [-0.2, 0) is 0 Å². The van der Waals surface area contributed by atoms with Crippen LogP contribution in [0.5, 0.6) is 0 Å². The van der Waals surface area contributed by atoms with Crippen LogP contribution in [-0.4, -0.2) is 37.9 Å². The Morgan fingerprint density at radius 3 is 2.62 bits per heavy atom. The lowest BCUT2D eigenvalue weighted by atomic mass is 9.85.